The topological polar surface area (TPSA) is 51.6 Å². The number of nitrogens with zero attached hydrogens (tertiary/aromatic N) is 4. The van der Waals surface area contributed by atoms with Crippen LogP contribution in [0.4, 0.5) is 0 Å². The summed E-state index contributed by atoms with van der Waals surface area (Å²) in [5, 5.41) is 1.22. The molecule has 0 saturated heterocycles. The van der Waals surface area contributed by atoms with Crippen LogP contribution >= 0.6 is 23.4 Å². The molecule has 2 aromatic heterocycles. The van der Waals surface area contributed by atoms with Gasteiger partial charge in [0.2, 0.25) is 0 Å². The molecule has 2 rings (SSSR count). The number of aromatic nitrogens is 4. The fraction of sp³-hybridized carbons (Fsp3) is 0.385. The number of halogens is 1. The summed E-state index contributed by atoms with van der Waals surface area (Å²) in [4.78, 5) is 17.4. The largest absolute Gasteiger partial charge is 0.237 e. The molecule has 0 saturated carbocycles. The average Bonchev–Trinajstić information content (AvgIpc) is 2.32. The maximum absolute atomic E-state index is 5.91. The zero-order chi connectivity index (χ0) is 14.0. The Morgan fingerprint density at radius 2 is 1.63 bits per heavy atom. The molecule has 0 aliphatic rings. The van der Waals surface area contributed by atoms with Crippen LogP contribution in [-0.4, -0.2) is 19.9 Å². The van der Waals surface area contributed by atoms with Crippen LogP contribution < -0.4 is 0 Å². The molecule has 100 valence electrons. The molecule has 0 amide bonds. The van der Waals surface area contributed by atoms with E-state index in [0.717, 1.165) is 27.8 Å². The third kappa shape index (κ3) is 3.64. The molecule has 6 heteroatoms. The Kier molecular flexibility index (Phi) is 4.37. The second-order valence-corrected chi connectivity index (χ2v) is 5.67. The van der Waals surface area contributed by atoms with E-state index in [9.17, 15) is 0 Å². The third-order valence-electron chi connectivity index (χ3n) is 2.81. The van der Waals surface area contributed by atoms with Gasteiger partial charge in [-0.2, -0.15) is 0 Å². The van der Waals surface area contributed by atoms with Gasteiger partial charge in [-0.05, 0) is 39.3 Å². The fourth-order valence-corrected chi connectivity index (χ4v) is 2.63. The van der Waals surface area contributed by atoms with E-state index in [0.29, 0.717) is 16.7 Å². The molecule has 0 unspecified atom stereocenters. The van der Waals surface area contributed by atoms with Gasteiger partial charge in [-0.25, -0.2) is 19.9 Å². The van der Waals surface area contributed by atoms with Gasteiger partial charge in [0.05, 0.1) is 5.75 Å². The van der Waals surface area contributed by atoms with Crippen molar-refractivity contribution in [2.24, 2.45) is 0 Å². The van der Waals surface area contributed by atoms with Crippen LogP contribution in [0.5, 0.6) is 0 Å². The molecule has 0 aromatic carbocycles. The highest BCUT2D eigenvalue weighted by molar-refractivity contribution is 7.98. The lowest BCUT2D eigenvalue weighted by Crippen LogP contribution is -2.00. The fourth-order valence-electron chi connectivity index (χ4n) is 1.59. The van der Waals surface area contributed by atoms with Crippen molar-refractivity contribution in [1.29, 1.82) is 0 Å². The second-order valence-electron chi connectivity index (χ2n) is 4.34. The van der Waals surface area contributed by atoms with Crippen LogP contribution in [0.15, 0.2) is 11.2 Å². The van der Waals surface area contributed by atoms with Crippen molar-refractivity contribution >= 4 is 23.4 Å². The summed E-state index contributed by atoms with van der Waals surface area (Å²) < 4.78 is 0. The average molecular weight is 295 g/mol. The Bertz CT molecular complexity index is 572. The van der Waals surface area contributed by atoms with Crippen LogP contribution in [0.3, 0.4) is 0 Å². The predicted molar refractivity (Wildman–Crippen MR) is 77.6 cm³/mol. The van der Waals surface area contributed by atoms with Crippen molar-refractivity contribution in [2.45, 2.75) is 38.6 Å². The molecule has 19 heavy (non-hydrogen) atoms. The van der Waals surface area contributed by atoms with Crippen molar-refractivity contribution < 1.29 is 0 Å². The number of hydrogen-bond acceptors (Lipinski definition) is 5. The molecule has 2 heterocycles. The van der Waals surface area contributed by atoms with Crippen LogP contribution in [-0.2, 0) is 5.75 Å². The Hall–Kier alpha value is -1.20. The number of thioether (sulfide) groups is 1. The third-order valence-corrected chi connectivity index (χ3v) is 3.85. The zero-order valence-electron chi connectivity index (χ0n) is 11.4. The summed E-state index contributed by atoms with van der Waals surface area (Å²) in [5.74, 6) is 1.32. The van der Waals surface area contributed by atoms with Gasteiger partial charge in [-0.15, -0.1) is 0 Å². The smallest absolute Gasteiger partial charge is 0.188 e. The monoisotopic (exact) mass is 294 g/mol. The van der Waals surface area contributed by atoms with Gasteiger partial charge in [-0.3, -0.25) is 0 Å². The first-order valence-electron chi connectivity index (χ1n) is 5.90. The Labute approximate surface area is 122 Å². The molecular formula is C13H15ClN4S. The summed E-state index contributed by atoms with van der Waals surface area (Å²) in [5.41, 5.74) is 4.03. The number of rotatable bonds is 3. The van der Waals surface area contributed by atoms with E-state index in [1.165, 1.54) is 11.8 Å². The van der Waals surface area contributed by atoms with E-state index in [1.807, 2.05) is 27.7 Å². The standard InChI is InChI=1S/C13H15ClN4S/c1-7-5-11(14)18-12(15-7)6-19-13-16-9(3)8(2)10(4)17-13/h5H,6H2,1-4H3. The van der Waals surface area contributed by atoms with Gasteiger partial charge >= 0.3 is 0 Å². The van der Waals surface area contributed by atoms with Crippen LogP contribution in [0, 0.1) is 27.7 Å². The van der Waals surface area contributed by atoms with Crippen molar-refractivity contribution in [3.63, 3.8) is 0 Å². The highest BCUT2D eigenvalue weighted by Crippen LogP contribution is 2.20. The maximum atomic E-state index is 5.91. The molecule has 0 radical (unpaired) electrons. The molecule has 0 aliphatic carbocycles. The first kappa shape index (κ1) is 14.2. The molecule has 0 fully saturated rings. The van der Waals surface area contributed by atoms with E-state index < -0.39 is 0 Å². The molecular weight excluding hydrogens is 280 g/mol. The normalized spacial score (nSPS) is 10.8. The van der Waals surface area contributed by atoms with E-state index in [2.05, 4.69) is 19.9 Å². The molecule has 4 nitrogen and oxygen atoms in total. The zero-order valence-corrected chi connectivity index (χ0v) is 12.9. The minimum atomic E-state index is 0.472. The maximum Gasteiger partial charge on any atom is 0.188 e. The Morgan fingerprint density at radius 3 is 2.21 bits per heavy atom. The Morgan fingerprint density at radius 1 is 1.00 bits per heavy atom. The van der Waals surface area contributed by atoms with Crippen molar-refractivity contribution in [2.75, 3.05) is 0 Å². The molecule has 2 aromatic rings. The van der Waals surface area contributed by atoms with Gasteiger partial charge < -0.3 is 0 Å². The van der Waals surface area contributed by atoms with E-state index in [1.54, 1.807) is 6.07 Å². The van der Waals surface area contributed by atoms with Crippen molar-refractivity contribution in [3.8, 4) is 0 Å². The van der Waals surface area contributed by atoms with E-state index in [4.69, 9.17) is 11.6 Å². The van der Waals surface area contributed by atoms with Crippen LogP contribution in [0.2, 0.25) is 5.15 Å². The lowest BCUT2D eigenvalue weighted by atomic mass is 10.2. The quantitative estimate of drug-likeness (QED) is 0.493. The first-order valence-corrected chi connectivity index (χ1v) is 7.27. The second kappa shape index (κ2) is 5.84. The lowest BCUT2D eigenvalue weighted by Gasteiger charge is -2.06. The van der Waals surface area contributed by atoms with Crippen LogP contribution in [0.1, 0.15) is 28.5 Å². The predicted octanol–water partition coefficient (Wildman–Crippen LogP) is 3.45. The SMILES string of the molecule is Cc1cc(Cl)nc(CSc2nc(C)c(C)c(C)n2)n1. The minimum Gasteiger partial charge on any atom is -0.237 e. The van der Waals surface area contributed by atoms with Crippen LogP contribution in [0.25, 0.3) is 0 Å². The van der Waals surface area contributed by atoms with Crippen molar-refractivity contribution in [3.05, 3.63) is 39.7 Å². The minimum absolute atomic E-state index is 0.472. The molecule has 0 N–H and O–H groups in total. The lowest BCUT2D eigenvalue weighted by molar-refractivity contribution is 0.878. The van der Waals surface area contributed by atoms with Gasteiger partial charge in [0.1, 0.15) is 11.0 Å². The van der Waals surface area contributed by atoms with Gasteiger partial charge in [-0.1, -0.05) is 23.4 Å². The highest BCUT2D eigenvalue weighted by atomic mass is 35.5. The summed E-state index contributed by atoms with van der Waals surface area (Å²) in [7, 11) is 0. The van der Waals surface area contributed by atoms with Gasteiger partial charge in [0, 0.05) is 17.1 Å². The van der Waals surface area contributed by atoms with E-state index in [-0.39, 0.29) is 0 Å². The first-order chi connectivity index (χ1) is 8.95. The molecule has 0 bridgehead atoms. The molecule has 0 aliphatic heterocycles. The molecule has 0 atom stereocenters. The number of aryl methyl sites for hydroxylation is 3. The number of hydrogen-bond donors (Lipinski definition) is 0. The Balaban J connectivity index is 2.14. The summed E-state index contributed by atoms with van der Waals surface area (Å²) >= 11 is 7.43. The van der Waals surface area contributed by atoms with Crippen molar-refractivity contribution in [1.82, 2.24) is 19.9 Å². The van der Waals surface area contributed by atoms with Gasteiger partial charge in [0.25, 0.3) is 0 Å². The highest BCUT2D eigenvalue weighted by Gasteiger charge is 2.07. The van der Waals surface area contributed by atoms with E-state index >= 15 is 0 Å². The summed E-state index contributed by atoms with van der Waals surface area (Å²) in [6.45, 7) is 7.92. The summed E-state index contributed by atoms with van der Waals surface area (Å²) in [6.07, 6.45) is 0. The molecule has 0 spiro atoms. The summed E-state index contributed by atoms with van der Waals surface area (Å²) in [6, 6.07) is 1.74. The van der Waals surface area contributed by atoms with Gasteiger partial charge in [0.15, 0.2) is 5.16 Å².